The van der Waals surface area contributed by atoms with Crippen molar-refractivity contribution in [2.24, 2.45) is 0 Å². The minimum absolute atomic E-state index is 0.280. The van der Waals surface area contributed by atoms with Gasteiger partial charge in [-0.1, -0.05) is 29.4 Å². The number of alkyl halides is 3. The average Bonchev–Trinajstić information content (AvgIpc) is 3.26. The van der Waals surface area contributed by atoms with Crippen molar-refractivity contribution in [3.05, 3.63) is 77.2 Å². The van der Waals surface area contributed by atoms with E-state index in [0.717, 1.165) is 23.0 Å². The minimum Gasteiger partial charge on any atom is -0.369 e. The first kappa shape index (κ1) is 19.0. The lowest BCUT2D eigenvalue weighted by atomic mass is 10.1. The standard InChI is InChI=1S/C20H17F3N4O2/c1-12-16(11-29-26-12)19(28)24-18-15-4-2-3-5-17(15)27(25-18)10-13-6-8-14(9-7-13)20(21,22)23/h2-9,11,19,28H,10H2,1H3,(H,24,25). The summed E-state index contributed by atoms with van der Waals surface area (Å²) in [6.07, 6.45) is -4.09. The highest BCUT2D eigenvalue weighted by atomic mass is 19.4. The molecule has 0 radical (unpaired) electrons. The van der Waals surface area contributed by atoms with Crippen LogP contribution in [0.4, 0.5) is 19.0 Å². The molecule has 0 saturated carbocycles. The van der Waals surface area contributed by atoms with Gasteiger partial charge in [0, 0.05) is 5.39 Å². The molecule has 0 saturated heterocycles. The molecule has 4 aromatic rings. The van der Waals surface area contributed by atoms with Crippen LogP contribution in [0.25, 0.3) is 10.9 Å². The number of benzene rings is 2. The van der Waals surface area contributed by atoms with E-state index in [2.05, 4.69) is 15.6 Å². The number of halogens is 3. The molecule has 1 atom stereocenters. The second kappa shape index (κ2) is 7.25. The lowest BCUT2D eigenvalue weighted by molar-refractivity contribution is -0.137. The molecule has 2 aromatic heterocycles. The largest absolute Gasteiger partial charge is 0.416 e. The van der Waals surface area contributed by atoms with Gasteiger partial charge >= 0.3 is 6.18 Å². The Morgan fingerprint density at radius 3 is 2.52 bits per heavy atom. The van der Waals surface area contributed by atoms with Gasteiger partial charge in [-0.15, -0.1) is 0 Å². The van der Waals surface area contributed by atoms with Crippen molar-refractivity contribution in [1.82, 2.24) is 14.9 Å². The summed E-state index contributed by atoms with van der Waals surface area (Å²) in [5.41, 5.74) is 1.81. The topological polar surface area (TPSA) is 76.1 Å². The summed E-state index contributed by atoms with van der Waals surface area (Å²) < 4.78 is 44.8. The Balaban J connectivity index is 1.63. The van der Waals surface area contributed by atoms with E-state index in [1.54, 1.807) is 11.6 Å². The zero-order chi connectivity index (χ0) is 20.6. The fourth-order valence-corrected chi connectivity index (χ4v) is 3.10. The normalized spacial score (nSPS) is 13.0. The van der Waals surface area contributed by atoms with Gasteiger partial charge in [-0.25, -0.2) is 0 Å². The predicted molar refractivity (Wildman–Crippen MR) is 100 cm³/mol. The number of aliphatic hydroxyl groups is 1. The van der Waals surface area contributed by atoms with Crippen LogP contribution in [0.5, 0.6) is 0 Å². The second-order valence-electron chi connectivity index (χ2n) is 6.62. The lowest BCUT2D eigenvalue weighted by Crippen LogP contribution is -2.11. The van der Waals surface area contributed by atoms with Crippen LogP contribution in [0.15, 0.2) is 59.3 Å². The molecule has 0 spiro atoms. The molecule has 2 heterocycles. The highest BCUT2D eigenvalue weighted by Crippen LogP contribution is 2.30. The number of aromatic nitrogens is 3. The van der Waals surface area contributed by atoms with Gasteiger partial charge in [0.25, 0.3) is 0 Å². The number of rotatable bonds is 5. The van der Waals surface area contributed by atoms with Crippen molar-refractivity contribution in [2.45, 2.75) is 25.9 Å². The molecule has 9 heteroatoms. The van der Waals surface area contributed by atoms with Gasteiger partial charge in [0.2, 0.25) is 0 Å². The number of hydrogen-bond donors (Lipinski definition) is 2. The van der Waals surface area contributed by atoms with Gasteiger partial charge in [0.1, 0.15) is 6.26 Å². The van der Waals surface area contributed by atoms with Crippen LogP contribution >= 0.6 is 0 Å². The molecule has 0 aliphatic heterocycles. The molecule has 1 unspecified atom stereocenters. The highest BCUT2D eigenvalue weighted by Gasteiger charge is 2.30. The second-order valence-corrected chi connectivity index (χ2v) is 6.62. The van der Waals surface area contributed by atoms with E-state index in [4.69, 9.17) is 4.52 Å². The van der Waals surface area contributed by atoms with Crippen LogP contribution in [-0.4, -0.2) is 20.0 Å². The van der Waals surface area contributed by atoms with E-state index >= 15 is 0 Å². The molecular weight excluding hydrogens is 385 g/mol. The summed E-state index contributed by atoms with van der Waals surface area (Å²) in [5, 5.41) is 22.4. The van der Waals surface area contributed by atoms with Crippen LogP contribution < -0.4 is 5.32 Å². The predicted octanol–water partition coefficient (Wildman–Crippen LogP) is 4.50. The van der Waals surface area contributed by atoms with Gasteiger partial charge in [-0.2, -0.15) is 18.3 Å². The molecule has 4 rings (SSSR count). The monoisotopic (exact) mass is 402 g/mol. The summed E-state index contributed by atoms with van der Waals surface area (Å²) in [6, 6.07) is 12.4. The highest BCUT2D eigenvalue weighted by molar-refractivity contribution is 5.90. The SMILES string of the molecule is Cc1nocc1C(O)Nc1nn(Cc2ccc(C(F)(F)F)cc2)c2ccccc12. The molecular formula is C20H17F3N4O2. The maximum atomic E-state index is 12.8. The number of aliphatic hydroxyl groups excluding tert-OH is 1. The molecule has 150 valence electrons. The van der Waals surface area contributed by atoms with E-state index in [1.807, 2.05) is 24.3 Å². The zero-order valence-electron chi connectivity index (χ0n) is 15.3. The van der Waals surface area contributed by atoms with Gasteiger partial charge in [0.05, 0.1) is 28.9 Å². The molecule has 29 heavy (non-hydrogen) atoms. The van der Waals surface area contributed by atoms with E-state index in [1.165, 1.54) is 18.4 Å². The first-order chi connectivity index (χ1) is 13.8. The van der Waals surface area contributed by atoms with Crippen molar-refractivity contribution in [3.63, 3.8) is 0 Å². The number of anilines is 1. The molecule has 2 aromatic carbocycles. The van der Waals surface area contributed by atoms with Crippen LogP contribution in [0.2, 0.25) is 0 Å². The quantitative estimate of drug-likeness (QED) is 0.481. The van der Waals surface area contributed by atoms with Gasteiger partial charge in [-0.3, -0.25) is 4.68 Å². The van der Waals surface area contributed by atoms with Crippen LogP contribution in [0.1, 0.15) is 28.6 Å². The van der Waals surface area contributed by atoms with Crippen LogP contribution in [0, 0.1) is 6.92 Å². The zero-order valence-corrected chi connectivity index (χ0v) is 15.3. The third kappa shape index (κ3) is 3.81. The number of para-hydroxylation sites is 1. The van der Waals surface area contributed by atoms with E-state index in [-0.39, 0.29) is 6.54 Å². The van der Waals surface area contributed by atoms with E-state index in [0.29, 0.717) is 22.6 Å². The first-order valence-corrected chi connectivity index (χ1v) is 8.80. The third-order valence-corrected chi connectivity index (χ3v) is 4.63. The Bertz CT molecular complexity index is 1130. The number of nitrogens with zero attached hydrogens (tertiary/aromatic N) is 3. The van der Waals surface area contributed by atoms with Gasteiger partial charge in [-0.05, 0) is 36.8 Å². The molecule has 0 fully saturated rings. The Kier molecular flexibility index (Phi) is 4.75. The van der Waals surface area contributed by atoms with Crippen LogP contribution in [0.3, 0.4) is 0 Å². The lowest BCUT2D eigenvalue weighted by Gasteiger charge is -2.11. The first-order valence-electron chi connectivity index (χ1n) is 8.80. The summed E-state index contributed by atoms with van der Waals surface area (Å²) in [6.45, 7) is 1.99. The molecule has 0 aliphatic rings. The number of nitrogens with one attached hydrogen (secondary N) is 1. The summed E-state index contributed by atoms with van der Waals surface area (Å²) in [7, 11) is 0. The maximum absolute atomic E-state index is 12.8. The third-order valence-electron chi connectivity index (χ3n) is 4.63. The van der Waals surface area contributed by atoms with Crippen molar-refractivity contribution in [2.75, 3.05) is 5.32 Å². The average molecular weight is 402 g/mol. The summed E-state index contributed by atoms with van der Waals surface area (Å²) >= 11 is 0. The van der Waals surface area contributed by atoms with Gasteiger partial charge < -0.3 is 14.9 Å². The fraction of sp³-hybridized carbons (Fsp3) is 0.200. The minimum atomic E-state index is -4.37. The van der Waals surface area contributed by atoms with Crippen molar-refractivity contribution in [3.8, 4) is 0 Å². The fourth-order valence-electron chi connectivity index (χ4n) is 3.10. The van der Waals surface area contributed by atoms with E-state index in [9.17, 15) is 18.3 Å². The molecule has 6 nitrogen and oxygen atoms in total. The number of hydrogen-bond acceptors (Lipinski definition) is 5. The Labute approximate surface area is 163 Å². The Morgan fingerprint density at radius 1 is 1.14 bits per heavy atom. The van der Waals surface area contributed by atoms with Crippen LogP contribution in [-0.2, 0) is 12.7 Å². The maximum Gasteiger partial charge on any atom is 0.416 e. The summed E-state index contributed by atoms with van der Waals surface area (Å²) in [4.78, 5) is 0. The Morgan fingerprint density at radius 2 is 1.86 bits per heavy atom. The van der Waals surface area contributed by atoms with E-state index < -0.39 is 18.0 Å². The molecule has 2 N–H and O–H groups in total. The molecule has 0 aliphatic carbocycles. The van der Waals surface area contributed by atoms with Crippen molar-refractivity contribution in [1.29, 1.82) is 0 Å². The van der Waals surface area contributed by atoms with Crippen molar-refractivity contribution >= 4 is 16.7 Å². The van der Waals surface area contributed by atoms with Gasteiger partial charge in [0.15, 0.2) is 12.0 Å². The summed E-state index contributed by atoms with van der Waals surface area (Å²) in [5.74, 6) is 0.445. The van der Waals surface area contributed by atoms with Crippen molar-refractivity contribution < 1.29 is 22.8 Å². The number of fused-ring (bicyclic) bond motifs is 1. The number of aryl methyl sites for hydroxylation is 1. The smallest absolute Gasteiger partial charge is 0.369 e. The molecule has 0 bridgehead atoms. The Hall–Kier alpha value is -3.33. The molecule has 0 amide bonds.